The van der Waals surface area contributed by atoms with E-state index in [0.717, 1.165) is 5.06 Å². The molecule has 0 heterocycles. The SMILES string of the molecule is CC(C)(C)CCN(OC(=O)Oc1ccccc1)C(=O)Oc1ccccc1. The normalized spacial score (nSPS) is 10.7. The standard InChI is InChI=1S/C20H23NO5/c1-20(2,3)14-15-21(18(22)24-16-10-6-4-7-11-16)26-19(23)25-17-12-8-5-9-13-17/h4-13H,14-15H2,1-3H3. The minimum absolute atomic E-state index is 0.0576. The molecule has 138 valence electrons. The lowest BCUT2D eigenvalue weighted by Gasteiger charge is -2.24. The Morgan fingerprint density at radius 3 is 1.85 bits per heavy atom. The molecule has 0 saturated carbocycles. The molecule has 6 heteroatoms. The molecule has 2 aromatic rings. The number of amides is 1. The maximum atomic E-state index is 12.4. The lowest BCUT2D eigenvalue weighted by molar-refractivity contribution is -0.0932. The summed E-state index contributed by atoms with van der Waals surface area (Å²) >= 11 is 0. The lowest BCUT2D eigenvalue weighted by Crippen LogP contribution is -2.38. The van der Waals surface area contributed by atoms with Gasteiger partial charge in [-0.1, -0.05) is 57.2 Å². The molecular formula is C20H23NO5. The first-order chi connectivity index (χ1) is 12.3. The number of hydrogen-bond donors (Lipinski definition) is 0. The van der Waals surface area contributed by atoms with Gasteiger partial charge < -0.3 is 9.47 Å². The predicted octanol–water partition coefficient (Wildman–Crippen LogP) is 5.05. The molecule has 0 saturated heterocycles. The average Bonchev–Trinajstić information content (AvgIpc) is 2.59. The van der Waals surface area contributed by atoms with Gasteiger partial charge in [0.2, 0.25) is 0 Å². The Morgan fingerprint density at radius 1 is 0.846 bits per heavy atom. The fourth-order valence-corrected chi connectivity index (χ4v) is 1.94. The highest BCUT2D eigenvalue weighted by molar-refractivity contribution is 5.72. The highest BCUT2D eigenvalue weighted by Gasteiger charge is 2.24. The smallest absolute Gasteiger partial charge is 0.408 e. The van der Waals surface area contributed by atoms with Gasteiger partial charge in [-0.2, -0.15) is 0 Å². The Morgan fingerprint density at radius 2 is 1.35 bits per heavy atom. The quantitative estimate of drug-likeness (QED) is 0.435. The summed E-state index contributed by atoms with van der Waals surface area (Å²) in [6.07, 6.45) is -1.18. The van der Waals surface area contributed by atoms with Crippen LogP contribution in [0.5, 0.6) is 11.5 Å². The van der Waals surface area contributed by atoms with Crippen LogP contribution in [0.2, 0.25) is 0 Å². The van der Waals surface area contributed by atoms with Crippen molar-refractivity contribution < 1.29 is 23.9 Å². The molecule has 0 N–H and O–H groups in total. The molecule has 0 bridgehead atoms. The molecule has 0 aliphatic carbocycles. The van der Waals surface area contributed by atoms with Crippen molar-refractivity contribution in [2.24, 2.45) is 5.41 Å². The Bertz CT molecular complexity index is 710. The Balaban J connectivity index is 2.02. The summed E-state index contributed by atoms with van der Waals surface area (Å²) in [4.78, 5) is 29.5. The van der Waals surface area contributed by atoms with E-state index in [1.165, 1.54) is 0 Å². The van der Waals surface area contributed by atoms with Crippen LogP contribution in [0, 0.1) is 5.41 Å². The number of hydrogen-bond acceptors (Lipinski definition) is 5. The number of rotatable bonds is 4. The molecule has 2 rings (SSSR count). The van der Waals surface area contributed by atoms with E-state index in [4.69, 9.17) is 14.3 Å². The van der Waals surface area contributed by atoms with Crippen molar-refractivity contribution >= 4 is 12.2 Å². The fourth-order valence-electron chi connectivity index (χ4n) is 1.94. The highest BCUT2D eigenvalue weighted by atomic mass is 16.8. The zero-order valence-electron chi connectivity index (χ0n) is 15.2. The Kier molecular flexibility index (Phi) is 6.60. The number of carbonyl (C=O) groups is 2. The zero-order chi connectivity index (χ0) is 19.0. The second-order valence-electron chi connectivity index (χ2n) is 6.85. The van der Waals surface area contributed by atoms with Gasteiger partial charge in [-0.05, 0) is 36.1 Å². The summed E-state index contributed by atoms with van der Waals surface area (Å²) in [6, 6.07) is 17.1. The van der Waals surface area contributed by atoms with Crippen LogP contribution in [0.15, 0.2) is 60.7 Å². The summed E-state index contributed by atoms with van der Waals surface area (Å²) in [6.45, 7) is 6.25. The van der Waals surface area contributed by atoms with Gasteiger partial charge in [0.1, 0.15) is 11.5 Å². The maximum absolute atomic E-state index is 12.4. The lowest BCUT2D eigenvalue weighted by atomic mass is 9.92. The summed E-state index contributed by atoms with van der Waals surface area (Å²) in [7, 11) is 0. The first kappa shape index (κ1) is 19.3. The second-order valence-corrected chi connectivity index (χ2v) is 6.85. The van der Waals surface area contributed by atoms with Crippen LogP contribution in [-0.4, -0.2) is 23.9 Å². The van der Waals surface area contributed by atoms with Crippen molar-refractivity contribution in [1.82, 2.24) is 5.06 Å². The van der Waals surface area contributed by atoms with E-state index in [-0.39, 0.29) is 12.0 Å². The van der Waals surface area contributed by atoms with Crippen molar-refractivity contribution in [3.05, 3.63) is 60.7 Å². The van der Waals surface area contributed by atoms with E-state index in [1.807, 2.05) is 26.8 Å². The van der Waals surface area contributed by atoms with Gasteiger partial charge in [-0.15, -0.1) is 5.06 Å². The topological polar surface area (TPSA) is 65.1 Å². The molecule has 0 radical (unpaired) electrons. The predicted molar refractivity (Wildman–Crippen MR) is 96.8 cm³/mol. The van der Waals surface area contributed by atoms with E-state index in [0.29, 0.717) is 17.9 Å². The van der Waals surface area contributed by atoms with Crippen LogP contribution >= 0.6 is 0 Å². The number of para-hydroxylation sites is 2. The van der Waals surface area contributed by atoms with Gasteiger partial charge in [0, 0.05) is 0 Å². The average molecular weight is 357 g/mol. The Labute approximate surface area is 153 Å². The number of benzene rings is 2. The molecule has 0 atom stereocenters. The summed E-state index contributed by atoms with van der Waals surface area (Å²) in [5.74, 6) is 0.683. The molecule has 6 nitrogen and oxygen atoms in total. The van der Waals surface area contributed by atoms with E-state index >= 15 is 0 Å². The third kappa shape index (κ3) is 6.84. The van der Waals surface area contributed by atoms with Gasteiger partial charge in [0.05, 0.1) is 6.54 Å². The molecule has 0 fully saturated rings. The van der Waals surface area contributed by atoms with E-state index in [9.17, 15) is 9.59 Å². The molecule has 0 unspecified atom stereocenters. The van der Waals surface area contributed by atoms with Crippen molar-refractivity contribution in [2.75, 3.05) is 6.54 Å². The first-order valence-corrected chi connectivity index (χ1v) is 8.33. The molecule has 0 aromatic heterocycles. The number of ether oxygens (including phenoxy) is 2. The molecule has 1 amide bonds. The molecular weight excluding hydrogens is 334 g/mol. The van der Waals surface area contributed by atoms with Crippen LogP contribution < -0.4 is 9.47 Å². The number of nitrogens with zero attached hydrogens (tertiary/aromatic N) is 1. The minimum Gasteiger partial charge on any atom is -0.408 e. The first-order valence-electron chi connectivity index (χ1n) is 8.33. The second kappa shape index (κ2) is 8.89. The van der Waals surface area contributed by atoms with Crippen molar-refractivity contribution in [3.8, 4) is 11.5 Å². The van der Waals surface area contributed by atoms with Crippen molar-refractivity contribution in [3.63, 3.8) is 0 Å². The van der Waals surface area contributed by atoms with Gasteiger partial charge >= 0.3 is 12.2 Å². The molecule has 26 heavy (non-hydrogen) atoms. The third-order valence-electron chi connectivity index (χ3n) is 3.35. The van der Waals surface area contributed by atoms with E-state index < -0.39 is 12.2 Å². The van der Waals surface area contributed by atoms with Gasteiger partial charge in [0.15, 0.2) is 0 Å². The molecule has 0 spiro atoms. The molecule has 0 aliphatic rings. The van der Waals surface area contributed by atoms with Crippen LogP contribution in [-0.2, 0) is 4.84 Å². The summed E-state index contributed by atoms with van der Waals surface area (Å²) < 4.78 is 10.3. The summed E-state index contributed by atoms with van der Waals surface area (Å²) in [5.41, 5.74) is -0.0576. The Hall–Kier alpha value is -3.02. The number of hydroxylamine groups is 2. The third-order valence-corrected chi connectivity index (χ3v) is 3.35. The van der Waals surface area contributed by atoms with Gasteiger partial charge in [0.25, 0.3) is 0 Å². The fraction of sp³-hybridized carbons (Fsp3) is 0.300. The van der Waals surface area contributed by atoms with Crippen LogP contribution in [0.25, 0.3) is 0 Å². The highest BCUT2D eigenvalue weighted by Crippen LogP contribution is 2.20. The van der Waals surface area contributed by atoms with Crippen molar-refractivity contribution in [1.29, 1.82) is 0 Å². The minimum atomic E-state index is -1.00. The maximum Gasteiger partial charge on any atom is 0.539 e. The van der Waals surface area contributed by atoms with Crippen LogP contribution in [0.1, 0.15) is 27.2 Å². The van der Waals surface area contributed by atoms with Crippen molar-refractivity contribution in [2.45, 2.75) is 27.2 Å². The summed E-state index contributed by atoms with van der Waals surface area (Å²) in [5, 5.41) is 0.878. The van der Waals surface area contributed by atoms with Gasteiger partial charge in [-0.3, -0.25) is 4.84 Å². The zero-order valence-corrected chi connectivity index (χ0v) is 15.2. The molecule has 0 aliphatic heterocycles. The number of carbonyl (C=O) groups excluding carboxylic acids is 2. The monoisotopic (exact) mass is 357 g/mol. The van der Waals surface area contributed by atoms with Gasteiger partial charge in [-0.25, -0.2) is 9.59 Å². The van der Waals surface area contributed by atoms with Crippen LogP contribution in [0.3, 0.4) is 0 Å². The van der Waals surface area contributed by atoms with E-state index in [2.05, 4.69) is 0 Å². The largest absolute Gasteiger partial charge is 0.539 e. The van der Waals surface area contributed by atoms with Crippen LogP contribution in [0.4, 0.5) is 9.59 Å². The molecule has 2 aromatic carbocycles. The van der Waals surface area contributed by atoms with E-state index in [1.54, 1.807) is 54.6 Å².